The molecule has 2 heterocycles. The Morgan fingerprint density at radius 1 is 1.38 bits per heavy atom. The number of hydrogen-bond acceptors (Lipinski definition) is 4. The average Bonchev–Trinajstić information content (AvgIpc) is 3.02. The maximum atomic E-state index is 12.4. The van der Waals surface area contributed by atoms with Crippen LogP contribution >= 0.6 is 11.3 Å². The van der Waals surface area contributed by atoms with Crippen LogP contribution < -0.4 is 5.32 Å². The number of aromatic nitrogens is 1. The predicted molar refractivity (Wildman–Crippen MR) is 93.9 cm³/mol. The topological polar surface area (TPSA) is 62.3 Å². The number of fused-ring (bicyclic) bond motifs is 1. The number of rotatable bonds is 4. The third kappa shape index (κ3) is 3.64. The highest BCUT2D eigenvalue weighted by atomic mass is 32.1. The van der Waals surface area contributed by atoms with Crippen LogP contribution in [0.5, 0.6) is 0 Å². The molecule has 1 aliphatic carbocycles. The average molecular weight is 343 g/mol. The molecule has 0 bridgehead atoms. The van der Waals surface area contributed by atoms with Crippen LogP contribution in [0.15, 0.2) is 30.5 Å². The summed E-state index contributed by atoms with van der Waals surface area (Å²) in [5.74, 6) is 0.0710. The van der Waals surface area contributed by atoms with E-state index >= 15 is 0 Å². The third-order valence-electron chi connectivity index (χ3n) is 4.24. The fourth-order valence-electron chi connectivity index (χ4n) is 2.90. The minimum atomic E-state index is -0.0295. The molecule has 2 amide bonds. The van der Waals surface area contributed by atoms with Gasteiger partial charge in [-0.2, -0.15) is 0 Å². The SMILES string of the molecule is CN(C)C(=O)c1cc2c(s1)CCC(C(=O)NCc1ccccn1)C2. The molecule has 126 valence electrons. The molecule has 1 aliphatic rings. The van der Waals surface area contributed by atoms with Gasteiger partial charge in [-0.05, 0) is 43.0 Å². The van der Waals surface area contributed by atoms with Gasteiger partial charge in [-0.25, -0.2) is 0 Å². The molecule has 0 spiro atoms. The molecule has 1 N–H and O–H groups in total. The van der Waals surface area contributed by atoms with Crippen molar-refractivity contribution < 1.29 is 9.59 Å². The van der Waals surface area contributed by atoms with Crippen molar-refractivity contribution >= 4 is 23.2 Å². The monoisotopic (exact) mass is 343 g/mol. The first-order chi connectivity index (χ1) is 11.5. The van der Waals surface area contributed by atoms with Crippen LogP contribution in [0.3, 0.4) is 0 Å². The van der Waals surface area contributed by atoms with Crippen molar-refractivity contribution in [2.45, 2.75) is 25.8 Å². The summed E-state index contributed by atoms with van der Waals surface area (Å²) in [4.78, 5) is 32.3. The quantitative estimate of drug-likeness (QED) is 0.926. The van der Waals surface area contributed by atoms with Crippen molar-refractivity contribution in [2.75, 3.05) is 14.1 Å². The number of nitrogens with zero attached hydrogens (tertiary/aromatic N) is 2. The molecule has 2 aromatic rings. The van der Waals surface area contributed by atoms with Crippen molar-refractivity contribution in [1.29, 1.82) is 0 Å². The number of carbonyl (C=O) groups is 2. The molecule has 1 atom stereocenters. The summed E-state index contributed by atoms with van der Waals surface area (Å²) >= 11 is 1.56. The molecule has 0 saturated heterocycles. The van der Waals surface area contributed by atoms with Crippen molar-refractivity contribution in [3.8, 4) is 0 Å². The fraction of sp³-hybridized carbons (Fsp3) is 0.389. The van der Waals surface area contributed by atoms with Crippen LogP contribution in [0, 0.1) is 5.92 Å². The number of nitrogens with one attached hydrogen (secondary N) is 1. The summed E-state index contributed by atoms with van der Waals surface area (Å²) < 4.78 is 0. The van der Waals surface area contributed by atoms with Crippen LogP contribution in [0.2, 0.25) is 0 Å². The van der Waals surface area contributed by atoms with Gasteiger partial charge in [0.2, 0.25) is 5.91 Å². The van der Waals surface area contributed by atoms with Crippen LogP contribution in [0.1, 0.15) is 32.2 Å². The first-order valence-electron chi connectivity index (χ1n) is 8.05. The molecule has 0 saturated carbocycles. The maximum absolute atomic E-state index is 12.4. The zero-order valence-corrected chi connectivity index (χ0v) is 14.7. The molecule has 0 fully saturated rings. The van der Waals surface area contributed by atoms with Gasteiger partial charge >= 0.3 is 0 Å². The Balaban J connectivity index is 1.62. The number of carbonyl (C=O) groups excluding carboxylic acids is 2. The molecule has 6 heteroatoms. The zero-order valence-electron chi connectivity index (χ0n) is 13.9. The summed E-state index contributed by atoms with van der Waals surface area (Å²) in [5, 5.41) is 2.97. The van der Waals surface area contributed by atoms with Gasteiger partial charge in [0, 0.05) is 31.1 Å². The molecule has 24 heavy (non-hydrogen) atoms. The minimum Gasteiger partial charge on any atom is -0.350 e. The molecule has 5 nitrogen and oxygen atoms in total. The van der Waals surface area contributed by atoms with Crippen molar-refractivity contribution in [3.63, 3.8) is 0 Å². The van der Waals surface area contributed by atoms with E-state index in [9.17, 15) is 9.59 Å². The highest BCUT2D eigenvalue weighted by molar-refractivity contribution is 7.14. The van der Waals surface area contributed by atoms with Gasteiger partial charge in [-0.1, -0.05) is 6.07 Å². The normalized spacial score (nSPS) is 16.3. The Morgan fingerprint density at radius 3 is 2.92 bits per heavy atom. The predicted octanol–water partition coefficient (Wildman–Crippen LogP) is 2.27. The van der Waals surface area contributed by atoms with E-state index in [1.807, 2.05) is 24.3 Å². The highest BCUT2D eigenvalue weighted by Crippen LogP contribution is 2.33. The largest absolute Gasteiger partial charge is 0.350 e. The number of hydrogen-bond donors (Lipinski definition) is 1. The van der Waals surface area contributed by atoms with Crippen LogP contribution in [-0.4, -0.2) is 35.8 Å². The molecule has 2 aromatic heterocycles. The summed E-state index contributed by atoms with van der Waals surface area (Å²) in [5.41, 5.74) is 2.01. The van der Waals surface area contributed by atoms with Gasteiger partial charge in [-0.15, -0.1) is 11.3 Å². The van der Waals surface area contributed by atoms with Gasteiger partial charge in [0.1, 0.15) is 0 Å². The number of amides is 2. The van der Waals surface area contributed by atoms with E-state index in [0.29, 0.717) is 13.0 Å². The van der Waals surface area contributed by atoms with E-state index in [-0.39, 0.29) is 17.7 Å². The summed E-state index contributed by atoms with van der Waals surface area (Å²) in [6.07, 6.45) is 4.13. The molecule has 1 unspecified atom stereocenters. The molecule has 0 radical (unpaired) electrons. The Hall–Kier alpha value is -2.21. The minimum absolute atomic E-state index is 0.0295. The van der Waals surface area contributed by atoms with Crippen LogP contribution in [0.4, 0.5) is 0 Å². The standard InChI is InChI=1S/C18H21N3O2S/c1-21(2)18(23)16-10-13-9-12(6-7-15(13)24-16)17(22)20-11-14-5-3-4-8-19-14/h3-5,8,10,12H,6-7,9,11H2,1-2H3,(H,20,22). The second kappa shape index (κ2) is 7.13. The number of thiophene rings is 1. The van der Waals surface area contributed by atoms with E-state index < -0.39 is 0 Å². The van der Waals surface area contributed by atoms with Crippen molar-refractivity contribution in [1.82, 2.24) is 15.2 Å². The van der Waals surface area contributed by atoms with E-state index in [0.717, 1.165) is 29.0 Å². The maximum Gasteiger partial charge on any atom is 0.263 e. The van der Waals surface area contributed by atoms with Gasteiger partial charge in [0.25, 0.3) is 5.91 Å². The van der Waals surface area contributed by atoms with Gasteiger partial charge < -0.3 is 10.2 Å². The third-order valence-corrected chi connectivity index (χ3v) is 5.47. The summed E-state index contributed by atoms with van der Waals surface area (Å²) in [6, 6.07) is 7.63. The molecule has 0 aromatic carbocycles. The Kier molecular flexibility index (Phi) is 4.94. The Bertz CT molecular complexity index is 740. The molecular formula is C18H21N3O2S. The van der Waals surface area contributed by atoms with E-state index in [2.05, 4.69) is 10.3 Å². The lowest BCUT2D eigenvalue weighted by molar-refractivity contribution is -0.125. The van der Waals surface area contributed by atoms with Crippen molar-refractivity contribution in [3.05, 3.63) is 51.5 Å². The van der Waals surface area contributed by atoms with E-state index in [1.165, 1.54) is 4.88 Å². The first kappa shape index (κ1) is 16.6. The number of pyridine rings is 1. The van der Waals surface area contributed by atoms with Crippen LogP contribution in [0.25, 0.3) is 0 Å². The van der Waals surface area contributed by atoms with Gasteiger partial charge in [0.15, 0.2) is 0 Å². The lowest BCUT2D eigenvalue weighted by Crippen LogP contribution is -2.33. The van der Waals surface area contributed by atoms with Crippen LogP contribution in [-0.2, 0) is 24.2 Å². The summed E-state index contributed by atoms with van der Waals surface area (Å²) in [6.45, 7) is 0.455. The second-order valence-corrected chi connectivity index (χ2v) is 7.37. The molecule has 0 aliphatic heterocycles. The Labute approximate surface area is 145 Å². The highest BCUT2D eigenvalue weighted by Gasteiger charge is 2.27. The lowest BCUT2D eigenvalue weighted by atomic mass is 9.87. The van der Waals surface area contributed by atoms with Gasteiger partial charge in [-0.3, -0.25) is 14.6 Å². The van der Waals surface area contributed by atoms with E-state index in [4.69, 9.17) is 0 Å². The molecular weight excluding hydrogens is 322 g/mol. The van der Waals surface area contributed by atoms with Gasteiger partial charge in [0.05, 0.1) is 17.1 Å². The van der Waals surface area contributed by atoms with Crippen molar-refractivity contribution in [2.24, 2.45) is 5.92 Å². The Morgan fingerprint density at radius 2 is 2.21 bits per heavy atom. The summed E-state index contributed by atoms with van der Waals surface area (Å²) in [7, 11) is 3.52. The zero-order chi connectivity index (χ0) is 17.1. The molecule has 3 rings (SSSR count). The first-order valence-corrected chi connectivity index (χ1v) is 8.87. The lowest BCUT2D eigenvalue weighted by Gasteiger charge is -2.21. The smallest absolute Gasteiger partial charge is 0.263 e. The van der Waals surface area contributed by atoms with E-state index in [1.54, 1.807) is 36.5 Å². The second-order valence-electron chi connectivity index (χ2n) is 6.24. The number of aryl methyl sites for hydroxylation is 1. The fourth-order valence-corrected chi connectivity index (χ4v) is 4.13.